The van der Waals surface area contributed by atoms with Crippen LogP contribution in [-0.2, 0) is 19.1 Å². The Kier molecular flexibility index (Phi) is 8.90. The van der Waals surface area contributed by atoms with Crippen LogP contribution in [0.5, 0.6) is 5.75 Å². The van der Waals surface area contributed by atoms with Crippen molar-refractivity contribution in [3.63, 3.8) is 0 Å². The summed E-state index contributed by atoms with van der Waals surface area (Å²) in [6.45, 7) is 8.52. The Bertz CT molecular complexity index is 521. The number of ether oxygens (including phenoxy) is 3. The third-order valence-corrected chi connectivity index (χ3v) is 3.63. The Hall–Kier alpha value is -2.04. The number of carbonyl (C=O) groups excluding carboxylic acids is 2. The van der Waals surface area contributed by atoms with Crippen LogP contribution < -0.4 is 4.74 Å². The lowest BCUT2D eigenvalue weighted by Gasteiger charge is -2.14. The van der Waals surface area contributed by atoms with Crippen molar-refractivity contribution in [1.29, 1.82) is 0 Å². The molecule has 24 heavy (non-hydrogen) atoms. The fourth-order valence-electron chi connectivity index (χ4n) is 2.31. The maximum atomic E-state index is 11.9. The van der Waals surface area contributed by atoms with Crippen LogP contribution in [-0.4, -0.2) is 31.8 Å². The molecule has 0 N–H and O–H groups in total. The molecule has 0 fully saturated rings. The van der Waals surface area contributed by atoms with Crippen molar-refractivity contribution in [3.8, 4) is 5.75 Å². The highest BCUT2D eigenvalue weighted by atomic mass is 16.6. The fourth-order valence-corrected chi connectivity index (χ4v) is 2.31. The third-order valence-electron chi connectivity index (χ3n) is 3.63. The van der Waals surface area contributed by atoms with E-state index in [-0.39, 0.29) is 13.2 Å². The van der Waals surface area contributed by atoms with Crippen molar-refractivity contribution in [2.75, 3.05) is 19.8 Å². The monoisotopic (exact) mass is 336 g/mol. The summed E-state index contributed by atoms with van der Waals surface area (Å²) in [4.78, 5) is 23.7. The number of carbonyl (C=O) groups is 2. The molecule has 0 aliphatic rings. The van der Waals surface area contributed by atoms with Crippen LogP contribution in [0.25, 0.3) is 0 Å². The second-order valence-corrected chi connectivity index (χ2v) is 5.67. The Morgan fingerprint density at radius 1 is 1.00 bits per heavy atom. The molecule has 0 radical (unpaired) electrons. The first-order valence-corrected chi connectivity index (χ1v) is 8.52. The van der Waals surface area contributed by atoms with Crippen LogP contribution in [0.3, 0.4) is 0 Å². The Morgan fingerprint density at radius 3 is 2.21 bits per heavy atom. The molecule has 0 unspecified atom stereocenters. The minimum atomic E-state index is -0.842. The summed E-state index contributed by atoms with van der Waals surface area (Å²) in [6.07, 6.45) is 1.85. The number of unbranched alkanes of at least 4 members (excludes halogenated alkanes) is 1. The first kappa shape index (κ1) is 20.0. The Morgan fingerprint density at radius 2 is 1.62 bits per heavy atom. The van der Waals surface area contributed by atoms with Gasteiger partial charge in [0.1, 0.15) is 5.75 Å². The highest BCUT2D eigenvalue weighted by Crippen LogP contribution is 2.20. The summed E-state index contributed by atoms with van der Waals surface area (Å²) in [5.41, 5.74) is 2.25. The number of esters is 2. The number of rotatable bonds is 10. The van der Waals surface area contributed by atoms with E-state index in [1.807, 2.05) is 32.0 Å². The fraction of sp³-hybridized carbons (Fsp3) is 0.579. The molecule has 1 aromatic carbocycles. The van der Waals surface area contributed by atoms with Crippen molar-refractivity contribution in [2.45, 2.75) is 47.0 Å². The molecule has 0 aromatic heterocycles. The lowest BCUT2D eigenvalue weighted by atomic mass is 10.0. The first-order valence-electron chi connectivity index (χ1n) is 8.52. The second kappa shape index (κ2) is 10.7. The summed E-state index contributed by atoms with van der Waals surface area (Å²) in [5.74, 6) is -0.981. The average Bonchev–Trinajstić information content (AvgIpc) is 2.54. The van der Waals surface area contributed by atoms with E-state index in [1.165, 1.54) is 0 Å². The zero-order valence-electron chi connectivity index (χ0n) is 15.1. The molecule has 0 saturated carbocycles. The molecule has 1 rings (SSSR count). The number of aryl methyl sites for hydroxylation is 2. The van der Waals surface area contributed by atoms with Gasteiger partial charge in [0.25, 0.3) is 0 Å². The second-order valence-electron chi connectivity index (χ2n) is 5.67. The molecule has 0 spiro atoms. The van der Waals surface area contributed by atoms with Crippen LogP contribution in [0.4, 0.5) is 0 Å². The minimum absolute atomic E-state index is 0.254. The molecule has 5 heteroatoms. The van der Waals surface area contributed by atoms with Gasteiger partial charge in [0.05, 0.1) is 19.8 Å². The van der Waals surface area contributed by atoms with Crippen molar-refractivity contribution in [3.05, 3.63) is 29.3 Å². The molecule has 0 bridgehead atoms. The van der Waals surface area contributed by atoms with Gasteiger partial charge < -0.3 is 14.2 Å². The van der Waals surface area contributed by atoms with Gasteiger partial charge in [-0.1, -0.05) is 12.1 Å². The van der Waals surface area contributed by atoms with Crippen LogP contribution in [0, 0.1) is 19.8 Å². The van der Waals surface area contributed by atoms with Crippen molar-refractivity contribution >= 4 is 11.9 Å². The van der Waals surface area contributed by atoms with Crippen molar-refractivity contribution in [2.24, 2.45) is 5.92 Å². The summed E-state index contributed by atoms with van der Waals surface area (Å²) in [5, 5.41) is 0. The molecule has 0 aliphatic carbocycles. The summed E-state index contributed by atoms with van der Waals surface area (Å²) in [7, 11) is 0. The van der Waals surface area contributed by atoms with Crippen LogP contribution in [0.1, 0.15) is 44.2 Å². The zero-order valence-corrected chi connectivity index (χ0v) is 15.1. The highest BCUT2D eigenvalue weighted by molar-refractivity contribution is 5.94. The minimum Gasteiger partial charge on any atom is -0.493 e. The van der Waals surface area contributed by atoms with E-state index in [0.717, 1.165) is 23.3 Å². The quantitative estimate of drug-likeness (QED) is 0.371. The summed E-state index contributed by atoms with van der Waals surface area (Å²) < 4.78 is 15.7. The average molecular weight is 336 g/mol. The third kappa shape index (κ3) is 6.60. The SMILES string of the molecule is CCOC(=O)C(CCCCOc1cc(C)ccc1C)C(=O)OCC. The van der Waals surface area contributed by atoms with E-state index >= 15 is 0 Å². The van der Waals surface area contributed by atoms with Gasteiger partial charge in [0.2, 0.25) is 0 Å². The zero-order chi connectivity index (χ0) is 17.9. The lowest BCUT2D eigenvalue weighted by Crippen LogP contribution is -2.28. The van der Waals surface area contributed by atoms with E-state index in [1.54, 1.807) is 13.8 Å². The molecule has 0 atom stereocenters. The smallest absolute Gasteiger partial charge is 0.320 e. The first-order chi connectivity index (χ1) is 11.5. The predicted octanol–water partition coefficient (Wildman–Crippen LogP) is 3.59. The van der Waals surface area contributed by atoms with E-state index < -0.39 is 17.9 Å². The molecule has 0 amide bonds. The maximum Gasteiger partial charge on any atom is 0.320 e. The van der Waals surface area contributed by atoms with E-state index in [9.17, 15) is 9.59 Å². The van der Waals surface area contributed by atoms with Crippen LogP contribution in [0.2, 0.25) is 0 Å². The maximum absolute atomic E-state index is 11.9. The van der Waals surface area contributed by atoms with Gasteiger partial charge in [0, 0.05) is 0 Å². The van der Waals surface area contributed by atoms with Gasteiger partial charge in [0.15, 0.2) is 5.92 Å². The van der Waals surface area contributed by atoms with Crippen molar-refractivity contribution in [1.82, 2.24) is 0 Å². The van der Waals surface area contributed by atoms with Crippen LogP contribution in [0.15, 0.2) is 18.2 Å². The Balaban J connectivity index is 2.43. The molecule has 0 aliphatic heterocycles. The molecule has 5 nitrogen and oxygen atoms in total. The molecular formula is C19H28O5. The molecule has 1 aromatic rings. The molecule has 134 valence electrons. The summed E-state index contributed by atoms with van der Waals surface area (Å²) >= 11 is 0. The van der Waals surface area contributed by atoms with Gasteiger partial charge in [-0.15, -0.1) is 0 Å². The van der Waals surface area contributed by atoms with Gasteiger partial charge in [-0.2, -0.15) is 0 Å². The van der Waals surface area contributed by atoms with E-state index in [4.69, 9.17) is 14.2 Å². The van der Waals surface area contributed by atoms with Crippen LogP contribution >= 0.6 is 0 Å². The van der Waals surface area contributed by atoms with Gasteiger partial charge in [-0.25, -0.2) is 0 Å². The summed E-state index contributed by atoms with van der Waals surface area (Å²) in [6, 6.07) is 6.09. The molecule has 0 heterocycles. The number of hydrogen-bond acceptors (Lipinski definition) is 5. The largest absolute Gasteiger partial charge is 0.493 e. The highest BCUT2D eigenvalue weighted by Gasteiger charge is 2.28. The number of hydrogen-bond donors (Lipinski definition) is 0. The van der Waals surface area contributed by atoms with Gasteiger partial charge >= 0.3 is 11.9 Å². The Labute approximate surface area is 144 Å². The van der Waals surface area contributed by atoms with Gasteiger partial charge in [-0.05, 0) is 64.2 Å². The molecular weight excluding hydrogens is 308 g/mol. The number of benzene rings is 1. The normalized spacial score (nSPS) is 10.5. The van der Waals surface area contributed by atoms with Crippen molar-refractivity contribution < 1.29 is 23.8 Å². The standard InChI is InChI=1S/C19H28O5/c1-5-22-18(20)16(19(21)23-6-2)9-7-8-12-24-17-13-14(3)10-11-15(17)4/h10-11,13,16H,5-9,12H2,1-4H3. The lowest BCUT2D eigenvalue weighted by molar-refractivity contribution is -0.162. The van der Waals surface area contributed by atoms with E-state index in [2.05, 4.69) is 0 Å². The topological polar surface area (TPSA) is 61.8 Å². The van der Waals surface area contributed by atoms with E-state index in [0.29, 0.717) is 19.4 Å². The predicted molar refractivity (Wildman–Crippen MR) is 92.0 cm³/mol. The van der Waals surface area contributed by atoms with Gasteiger partial charge in [-0.3, -0.25) is 9.59 Å². The molecule has 0 saturated heterocycles.